The zero-order valence-corrected chi connectivity index (χ0v) is 10.5. The summed E-state index contributed by atoms with van der Waals surface area (Å²) in [5.41, 5.74) is 0.376. The van der Waals surface area contributed by atoms with E-state index in [1.165, 1.54) is 18.2 Å². The summed E-state index contributed by atoms with van der Waals surface area (Å²) in [5.74, 6) is -0.463. The Labute approximate surface area is 107 Å². The fourth-order valence-electron chi connectivity index (χ4n) is 1.56. The van der Waals surface area contributed by atoms with Crippen molar-refractivity contribution in [2.45, 2.75) is 32.6 Å². The molecule has 0 radical (unpaired) electrons. The summed E-state index contributed by atoms with van der Waals surface area (Å²) in [4.78, 5) is 11.6. The van der Waals surface area contributed by atoms with Crippen LogP contribution in [0, 0.1) is 5.21 Å². The van der Waals surface area contributed by atoms with E-state index in [4.69, 9.17) is 9.94 Å². The Kier molecular flexibility index (Phi) is 6.35. The summed E-state index contributed by atoms with van der Waals surface area (Å²) in [5, 5.41) is 18.5. The van der Waals surface area contributed by atoms with Crippen molar-refractivity contribution >= 4 is 11.7 Å². The molecule has 1 atom stereocenters. The van der Waals surface area contributed by atoms with Crippen molar-refractivity contribution in [1.82, 2.24) is 0 Å². The molecule has 2 N–H and O–H groups in total. The van der Waals surface area contributed by atoms with Gasteiger partial charge in [-0.25, -0.2) is 10.0 Å². The average Bonchev–Trinajstić information content (AvgIpc) is 2.38. The van der Waals surface area contributed by atoms with Gasteiger partial charge in [0.05, 0.1) is 12.2 Å². The molecular weight excluding hydrogens is 234 g/mol. The lowest BCUT2D eigenvalue weighted by Gasteiger charge is -2.12. The number of quaternary nitrogens is 1. The van der Waals surface area contributed by atoms with Gasteiger partial charge in [-0.2, -0.15) is 5.23 Å². The van der Waals surface area contributed by atoms with E-state index in [1.54, 1.807) is 6.07 Å². The fraction of sp³-hybridized carbons (Fsp3) is 0.462. The molecule has 0 aliphatic rings. The number of carbonyl (C=O) groups is 1. The predicted molar refractivity (Wildman–Crippen MR) is 66.6 cm³/mol. The topological polar surface area (TPSA) is 74.0 Å². The van der Waals surface area contributed by atoms with Crippen LogP contribution < -0.4 is 5.23 Å². The second-order valence-corrected chi connectivity index (χ2v) is 4.08. The zero-order chi connectivity index (χ0) is 13.4. The molecule has 18 heavy (non-hydrogen) atoms. The third-order valence-electron chi connectivity index (χ3n) is 2.58. The van der Waals surface area contributed by atoms with Crippen LogP contribution in [0.25, 0.3) is 0 Å². The first-order chi connectivity index (χ1) is 8.65. The summed E-state index contributed by atoms with van der Waals surface area (Å²) in [6.45, 7) is 2.50. The number of ether oxygens (including phenoxy) is 1. The number of carbonyl (C=O) groups excluding carboxylic acids is 1. The minimum absolute atomic E-state index is 0.0930. The second kappa shape index (κ2) is 7.81. The van der Waals surface area contributed by atoms with Gasteiger partial charge >= 0.3 is 5.97 Å². The highest BCUT2D eigenvalue weighted by Crippen LogP contribution is 2.08. The van der Waals surface area contributed by atoms with Crippen LogP contribution in [-0.4, -0.2) is 17.8 Å². The second-order valence-electron chi connectivity index (χ2n) is 4.08. The summed E-state index contributed by atoms with van der Waals surface area (Å²) in [6.07, 6.45) is 4.15. The van der Waals surface area contributed by atoms with Gasteiger partial charge in [0.15, 0.2) is 5.69 Å². The SMILES string of the molecule is CCCCCCOC(=O)c1cccc([NH+]([O-])O)c1. The molecule has 0 amide bonds. The molecule has 1 rings (SSSR count). The van der Waals surface area contributed by atoms with E-state index in [9.17, 15) is 10.0 Å². The Morgan fingerprint density at radius 1 is 1.39 bits per heavy atom. The average molecular weight is 253 g/mol. The molecule has 0 saturated carbocycles. The monoisotopic (exact) mass is 253 g/mol. The van der Waals surface area contributed by atoms with Crippen molar-refractivity contribution in [3.63, 3.8) is 0 Å². The van der Waals surface area contributed by atoms with Crippen LogP contribution in [0.1, 0.15) is 43.0 Å². The highest BCUT2D eigenvalue weighted by molar-refractivity contribution is 5.90. The van der Waals surface area contributed by atoms with Crippen LogP contribution in [0.15, 0.2) is 24.3 Å². The lowest BCUT2D eigenvalue weighted by Crippen LogP contribution is -2.99. The highest BCUT2D eigenvalue weighted by atomic mass is 16.8. The fourth-order valence-corrected chi connectivity index (χ4v) is 1.56. The minimum Gasteiger partial charge on any atom is -0.595 e. The quantitative estimate of drug-likeness (QED) is 0.441. The predicted octanol–water partition coefficient (Wildman–Crippen LogP) is 1.83. The lowest BCUT2D eigenvalue weighted by atomic mass is 10.2. The van der Waals surface area contributed by atoms with E-state index in [1.807, 2.05) is 0 Å². The third kappa shape index (κ3) is 4.83. The van der Waals surface area contributed by atoms with E-state index in [0.29, 0.717) is 6.61 Å². The molecule has 1 unspecified atom stereocenters. The van der Waals surface area contributed by atoms with Crippen molar-refractivity contribution in [2.24, 2.45) is 0 Å². The van der Waals surface area contributed by atoms with Gasteiger partial charge in [0.2, 0.25) is 0 Å². The molecule has 0 saturated heterocycles. The first kappa shape index (κ1) is 14.6. The van der Waals surface area contributed by atoms with Gasteiger partial charge in [-0.05, 0) is 12.5 Å². The summed E-state index contributed by atoms with van der Waals surface area (Å²) in [7, 11) is 0. The normalized spacial score (nSPS) is 12.2. The van der Waals surface area contributed by atoms with Gasteiger partial charge in [-0.3, -0.25) is 0 Å². The Hall–Kier alpha value is -1.43. The molecule has 5 nitrogen and oxygen atoms in total. The van der Waals surface area contributed by atoms with Crippen molar-refractivity contribution < 1.29 is 20.0 Å². The van der Waals surface area contributed by atoms with Crippen LogP contribution in [0.3, 0.4) is 0 Å². The molecule has 0 fully saturated rings. The Bertz CT molecular complexity index is 379. The molecule has 0 aliphatic carbocycles. The maximum atomic E-state index is 11.6. The Morgan fingerprint density at radius 3 is 2.83 bits per heavy atom. The van der Waals surface area contributed by atoms with E-state index in [-0.39, 0.29) is 11.3 Å². The van der Waals surface area contributed by atoms with E-state index >= 15 is 0 Å². The maximum absolute atomic E-state index is 11.6. The van der Waals surface area contributed by atoms with Crippen molar-refractivity contribution in [2.75, 3.05) is 6.61 Å². The van der Waals surface area contributed by atoms with Crippen LogP contribution in [0.2, 0.25) is 0 Å². The van der Waals surface area contributed by atoms with Gasteiger partial charge in [0.25, 0.3) is 0 Å². The molecule has 0 heterocycles. The Balaban J connectivity index is 2.44. The Morgan fingerprint density at radius 2 is 2.17 bits per heavy atom. The smallest absolute Gasteiger partial charge is 0.338 e. The summed E-state index contributed by atoms with van der Waals surface area (Å²) in [6, 6.07) is 5.87. The van der Waals surface area contributed by atoms with Gasteiger partial charge in [0.1, 0.15) is 0 Å². The molecule has 1 aromatic rings. The van der Waals surface area contributed by atoms with Crippen molar-refractivity contribution in [3.05, 3.63) is 35.0 Å². The van der Waals surface area contributed by atoms with E-state index in [0.717, 1.165) is 25.7 Å². The molecule has 100 valence electrons. The third-order valence-corrected chi connectivity index (χ3v) is 2.58. The lowest BCUT2D eigenvalue weighted by molar-refractivity contribution is -0.991. The number of esters is 1. The molecule has 1 aromatic carbocycles. The molecule has 0 spiro atoms. The molecule has 0 bridgehead atoms. The maximum Gasteiger partial charge on any atom is 0.338 e. The van der Waals surface area contributed by atoms with Crippen LogP contribution in [-0.2, 0) is 4.74 Å². The van der Waals surface area contributed by atoms with Crippen LogP contribution in [0.4, 0.5) is 5.69 Å². The first-order valence-electron chi connectivity index (χ1n) is 6.15. The first-order valence-corrected chi connectivity index (χ1v) is 6.15. The van der Waals surface area contributed by atoms with Gasteiger partial charge < -0.3 is 9.94 Å². The van der Waals surface area contributed by atoms with E-state index in [2.05, 4.69) is 6.92 Å². The number of benzene rings is 1. The number of hydrogen-bond donors (Lipinski definition) is 2. The number of nitrogens with one attached hydrogen (secondary N) is 1. The standard InChI is InChI=1S/C13H19NO4/c1-2-3-4-5-9-18-13(15)11-7-6-8-12(10-11)14(16)17/h6-8,10,14,16H,2-5,9H2,1H3. The highest BCUT2D eigenvalue weighted by Gasteiger charge is 2.09. The van der Waals surface area contributed by atoms with Crippen molar-refractivity contribution in [1.29, 1.82) is 0 Å². The molecule has 5 heteroatoms. The molecular formula is C13H19NO4. The van der Waals surface area contributed by atoms with Gasteiger partial charge in [-0.1, -0.05) is 32.3 Å². The number of hydrogen-bond acceptors (Lipinski definition) is 4. The van der Waals surface area contributed by atoms with Crippen LogP contribution in [0.5, 0.6) is 0 Å². The zero-order valence-electron chi connectivity index (χ0n) is 10.5. The number of rotatable bonds is 7. The van der Waals surface area contributed by atoms with Gasteiger partial charge in [0, 0.05) is 12.1 Å². The van der Waals surface area contributed by atoms with E-state index < -0.39 is 11.2 Å². The summed E-state index contributed by atoms with van der Waals surface area (Å²) >= 11 is 0. The number of unbranched alkanes of at least 4 members (excludes halogenated alkanes) is 3. The minimum atomic E-state index is -1.05. The van der Waals surface area contributed by atoms with Gasteiger partial charge in [-0.15, -0.1) is 0 Å². The van der Waals surface area contributed by atoms with Crippen LogP contribution >= 0.6 is 0 Å². The molecule has 0 aromatic heterocycles. The van der Waals surface area contributed by atoms with Crippen molar-refractivity contribution in [3.8, 4) is 0 Å². The largest absolute Gasteiger partial charge is 0.595 e. The summed E-state index contributed by atoms with van der Waals surface area (Å²) < 4.78 is 5.08. The molecule has 0 aliphatic heterocycles.